The number of carbonyl (C=O) groups excluding carboxylic acids is 1. The second-order valence-corrected chi connectivity index (χ2v) is 8.50. The molecule has 5 rings (SSSR count). The van der Waals surface area contributed by atoms with Crippen LogP contribution < -0.4 is 10.5 Å². The van der Waals surface area contributed by atoms with Crippen LogP contribution in [0, 0.1) is 0 Å². The molecule has 0 saturated carbocycles. The Morgan fingerprint density at radius 1 is 1.09 bits per heavy atom. The normalized spacial score (nSPS) is 14.8. The zero-order valence-corrected chi connectivity index (χ0v) is 19.4. The van der Waals surface area contributed by atoms with Crippen LogP contribution in [0.3, 0.4) is 0 Å². The highest BCUT2D eigenvalue weighted by molar-refractivity contribution is 9.10. The van der Waals surface area contributed by atoms with Crippen LogP contribution in [0.5, 0.6) is 5.75 Å². The van der Waals surface area contributed by atoms with Gasteiger partial charge in [-0.25, -0.2) is 4.79 Å². The number of fused-ring (bicyclic) bond motifs is 1. The maximum atomic E-state index is 12.5. The summed E-state index contributed by atoms with van der Waals surface area (Å²) < 4.78 is 24.3. The molecule has 172 valence electrons. The molecular formula is C25H19BrN2O6. The van der Waals surface area contributed by atoms with Crippen LogP contribution in [-0.2, 0) is 34.0 Å². The van der Waals surface area contributed by atoms with Crippen molar-refractivity contribution in [1.82, 2.24) is 9.78 Å². The van der Waals surface area contributed by atoms with Gasteiger partial charge in [-0.15, -0.1) is 5.10 Å². The van der Waals surface area contributed by atoms with Crippen molar-refractivity contribution in [3.05, 3.63) is 105 Å². The van der Waals surface area contributed by atoms with Crippen LogP contribution in [0.15, 0.2) is 86.5 Å². The lowest BCUT2D eigenvalue weighted by Crippen LogP contribution is -2.23. The van der Waals surface area contributed by atoms with Crippen molar-refractivity contribution in [3.8, 4) is 17.2 Å². The van der Waals surface area contributed by atoms with Gasteiger partial charge in [0.1, 0.15) is 18.9 Å². The Morgan fingerprint density at radius 3 is 2.59 bits per heavy atom. The van der Waals surface area contributed by atoms with E-state index in [0.717, 1.165) is 20.3 Å². The molecule has 2 heterocycles. The van der Waals surface area contributed by atoms with Crippen molar-refractivity contribution in [3.63, 3.8) is 0 Å². The predicted octanol–water partition coefficient (Wildman–Crippen LogP) is 4.62. The zero-order chi connectivity index (χ0) is 23.5. The molecule has 0 aliphatic carbocycles. The summed E-state index contributed by atoms with van der Waals surface area (Å²) in [5.74, 6) is -0.613. The fraction of sp³-hybridized carbons (Fsp3) is 0.160. The third-order valence-electron chi connectivity index (χ3n) is 5.19. The van der Waals surface area contributed by atoms with Crippen LogP contribution in [0.25, 0.3) is 11.5 Å². The van der Waals surface area contributed by atoms with Crippen LogP contribution in [0.4, 0.5) is 0 Å². The molecule has 1 aliphatic heterocycles. The van der Waals surface area contributed by atoms with Crippen molar-refractivity contribution in [2.24, 2.45) is 0 Å². The average Bonchev–Trinajstić information content (AvgIpc) is 3.23. The number of esters is 1. The molecule has 1 aromatic heterocycles. The number of aromatic nitrogens is 2. The standard InChI is InChI=1S/C25H19BrN2O6/c26-20-11-18(22-19(12-20)15-32-24(33-22)17-9-5-2-6-10-17)14-31-21(29)13-28-25(30)34-23(27-28)16-7-3-1-4-8-16/h1-12,24H,13-15H2. The molecule has 9 heteroatoms. The molecule has 8 nitrogen and oxygen atoms in total. The SMILES string of the molecule is O=C(Cn1nc(-c2ccccc2)oc1=O)OCc1cc(Br)cc2c1OC(c1ccccc1)OC2. The highest BCUT2D eigenvalue weighted by Gasteiger charge is 2.25. The third-order valence-corrected chi connectivity index (χ3v) is 5.65. The lowest BCUT2D eigenvalue weighted by atomic mass is 10.1. The fourth-order valence-corrected chi connectivity index (χ4v) is 4.14. The Kier molecular flexibility index (Phi) is 6.29. The summed E-state index contributed by atoms with van der Waals surface area (Å²) in [5.41, 5.74) is 3.05. The number of halogens is 1. The molecule has 0 amide bonds. The molecule has 0 fully saturated rings. The molecule has 3 aromatic carbocycles. The van der Waals surface area contributed by atoms with Gasteiger partial charge in [0.05, 0.1) is 6.61 Å². The molecular weight excluding hydrogens is 504 g/mol. The second kappa shape index (κ2) is 9.66. The van der Waals surface area contributed by atoms with Crippen LogP contribution in [-0.4, -0.2) is 15.7 Å². The number of hydrogen-bond donors (Lipinski definition) is 0. The Hall–Kier alpha value is -3.69. The van der Waals surface area contributed by atoms with Gasteiger partial charge in [-0.05, 0) is 24.3 Å². The highest BCUT2D eigenvalue weighted by Crippen LogP contribution is 2.38. The maximum absolute atomic E-state index is 12.5. The number of hydrogen-bond acceptors (Lipinski definition) is 7. The first kappa shape index (κ1) is 22.1. The van der Waals surface area contributed by atoms with Gasteiger partial charge in [0, 0.05) is 26.7 Å². The summed E-state index contributed by atoms with van der Waals surface area (Å²) in [6, 6.07) is 22.3. The molecule has 1 atom stereocenters. The van der Waals surface area contributed by atoms with Gasteiger partial charge >= 0.3 is 11.7 Å². The van der Waals surface area contributed by atoms with E-state index in [1.165, 1.54) is 0 Å². The minimum Gasteiger partial charge on any atom is -0.460 e. The number of nitrogens with zero attached hydrogens (tertiary/aromatic N) is 2. The smallest absolute Gasteiger partial charge is 0.437 e. The van der Waals surface area contributed by atoms with E-state index in [1.807, 2.05) is 48.5 Å². The molecule has 1 unspecified atom stereocenters. The van der Waals surface area contributed by atoms with Gasteiger partial charge in [-0.1, -0.05) is 64.5 Å². The van der Waals surface area contributed by atoms with Gasteiger partial charge in [-0.3, -0.25) is 4.79 Å². The van der Waals surface area contributed by atoms with Gasteiger partial charge in [0.2, 0.25) is 12.2 Å². The zero-order valence-electron chi connectivity index (χ0n) is 17.8. The molecule has 34 heavy (non-hydrogen) atoms. The third kappa shape index (κ3) is 4.80. The number of carbonyl (C=O) groups is 1. The number of benzene rings is 3. The minimum absolute atomic E-state index is 0.0414. The lowest BCUT2D eigenvalue weighted by Gasteiger charge is -2.28. The number of ether oxygens (including phenoxy) is 3. The average molecular weight is 523 g/mol. The van der Waals surface area contributed by atoms with Crippen LogP contribution in [0.1, 0.15) is 23.0 Å². The summed E-state index contributed by atoms with van der Waals surface area (Å²) in [7, 11) is 0. The van der Waals surface area contributed by atoms with Crippen LogP contribution in [0.2, 0.25) is 0 Å². The monoisotopic (exact) mass is 522 g/mol. The van der Waals surface area contributed by atoms with E-state index in [2.05, 4.69) is 21.0 Å². The van der Waals surface area contributed by atoms with Crippen molar-refractivity contribution in [2.45, 2.75) is 26.0 Å². The first-order valence-corrected chi connectivity index (χ1v) is 11.3. The first-order valence-electron chi connectivity index (χ1n) is 10.5. The van der Waals surface area contributed by atoms with Crippen molar-refractivity contribution < 1.29 is 23.4 Å². The first-order chi connectivity index (χ1) is 16.6. The summed E-state index contributed by atoms with van der Waals surface area (Å²) >= 11 is 3.48. The summed E-state index contributed by atoms with van der Waals surface area (Å²) in [6.45, 7) is -0.0614. The molecule has 0 spiro atoms. The van der Waals surface area contributed by atoms with Crippen molar-refractivity contribution in [2.75, 3.05) is 0 Å². The Balaban J connectivity index is 1.29. The molecule has 0 radical (unpaired) electrons. The van der Waals surface area contributed by atoms with Gasteiger partial charge < -0.3 is 18.6 Å². The van der Waals surface area contributed by atoms with E-state index in [-0.39, 0.29) is 19.0 Å². The van der Waals surface area contributed by atoms with Gasteiger partial charge in [0.15, 0.2) is 0 Å². The van der Waals surface area contributed by atoms with E-state index in [9.17, 15) is 9.59 Å². The maximum Gasteiger partial charge on any atom is 0.437 e. The molecule has 4 aromatic rings. The van der Waals surface area contributed by atoms with Crippen molar-refractivity contribution >= 4 is 21.9 Å². The summed E-state index contributed by atoms with van der Waals surface area (Å²) in [6.07, 6.45) is -0.561. The van der Waals surface area contributed by atoms with E-state index in [4.69, 9.17) is 18.6 Å². The Morgan fingerprint density at radius 2 is 1.82 bits per heavy atom. The second-order valence-electron chi connectivity index (χ2n) is 7.58. The predicted molar refractivity (Wildman–Crippen MR) is 125 cm³/mol. The van der Waals surface area contributed by atoms with Gasteiger partial charge in [0.25, 0.3) is 0 Å². The topological polar surface area (TPSA) is 92.8 Å². The Labute approximate surface area is 202 Å². The fourth-order valence-electron chi connectivity index (χ4n) is 3.59. The quantitative estimate of drug-likeness (QED) is 0.341. The molecule has 0 N–H and O–H groups in total. The lowest BCUT2D eigenvalue weighted by molar-refractivity contribution is -0.146. The van der Waals surface area contributed by atoms with E-state index in [0.29, 0.717) is 23.5 Å². The minimum atomic E-state index is -0.734. The Bertz CT molecular complexity index is 1370. The highest BCUT2D eigenvalue weighted by atomic mass is 79.9. The number of rotatable bonds is 6. The van der Waals surface area contributed by atoms with Gasteiger partial charge in [-0.2, -0.15) is 4.68 Å². The van der Waals surface area contributed by atoms with Crippen molar-refractivity contribution in [1.29, 1.82) is 0 Å². The van der Waals surface area contributed by atoms with E-state index < -0.39 is 18.0 Å². The largest absolute Gasteiger partial charge is 0.460 e. The summed E-state index contributed by atoms with van der Waals surface area (Å²) in [4.78, 5) is 24.6. The molecule has 0 bridgehead atoms. The van der Waals surface area contributed by atoms with Crippen LogP contribution >= 0.6 is 15.9 Å². The molecule has 0 saturated heterocycles. The van der Waals surface area contributed by atoms with E-state index >= 15 is 0 Å². The molecule has 1 aliphatic rings. The summed E-state index contributed by atoms with van der Waals surface area (Å²) in [5, 5.41) is 4.09. The van der Waals surface area contributed by atoms with E-state index in [1.54, 1.807) is 24.3 Å².